The molecule has 0 unspecified atom stereocenters. The standard InChI is InChI=1S/C25H27ClF4N4O/c1-14(35-2)22-18(11-16(13-31-22)34-9-7-33(8-10-34)15-3-4-15)23-19(12-25(28,29)30)17-5-6-20(26)21(27)24(17)32-23/h5-6,11,13-15,32H,3-4,7-10,12H2,1-2H3/t14-/m0/s1. The number of hydrogen-bond acceptors (Lipinski definition) is 4. The quantitative estimate of drug-likeness (QED) is 0.406. The Hall–Kier alpha value is -2.36. The molecule has 2 aromatic heterocycles. The number of H-pyrrole nitrogens is 1. The van der Waals surface area contributed by atoms with Crippen LogP contribution in [0.1, 0.15) is 37.1 Å². The maximum atomic E-state index is 14.8. The molecule has 188 valence electrons. The number of piperazine rings is 1. The molecular weight excluding hydrogens is 484 g/mol. The number of pyridine rings is 1. The monoisotopic (exact) mass is 510 g/mol. The van der Waals surface area contributed by atoms with Crippen LogP contribution in [0.2, 0.25) is 5.02 Å². The molecule has 0 spiro atoms. The van der Waals surface area contributed by atoms with Crippen molar-refractivity contribution >= 4 is 28.2 Å². The maximum absolute atomic E-state index is 14.8. The van der Waals surface area contributed by atoms with Crippen molar-refractivity contribution in [1.29, 1.82) is 0 Å². The molecule has 0 bridgehead atoms. The van der Waals surface area contributed by atoms with Crippen LogP contribution in [0, 0.1) is 5.82 Å². The van der Waals surface area contributed by atoms with Crippen LogP contribution in [0.25, 0.3) is 22.2 Å². The summed E-state index contributed by atoms with van der Waals surface area (Å²) in [6, 6.07) is 5.24. The van der Waals surface area contributed by atoms with E-state index in [0.29, 0.717) is 17.3 Å². The Morgan fingerprint density at radius 2 is 1.91 bits per heavy atom. The number of fused-ring (bicyclic) bond motifs is 1. The predicted molar refractivity (Wildman–Crippen MR) is 128 cm³/mol. The molecule has 1 aliphatic carbocycles. The zero-order valence-corrected chi connectivity index (χ0v) is 20.3. The highest BCUT2D eigenvalue weighted by Gasteiger charge is 2.34. The van der Waals surface area contributed by atoms with E-state index in [1.54, 1.807) is 13.1 Å². The second-order valence-corrected chi connectivity index (χ2v) is 9.72. The fourth-order valence-electron chi connectivity index (χ4n) is 4.93. The molecule has 5 nitrogen and oxygen atoms in total. The fourth-order valence-corrected chi connectivity index (χ4v) is 5.09. The lowest BCUT2D eigenvalue weighted by Gasteiger charge is -2.36. The Balaban J connectivity index is 1.62. The van der Waals surface area contributed by atoms with E-state index in [-0.39, 0.29) is 27.2 Å². The molecule has 35 heavy (non-hydrogen) atoms. The summed E-state index contributed by atoms with van der Waals surface area (Å²) in [5.41, 5.74) is 1.86. The summed E-state index contributed by atoms with van der Waals surface area (Å²) < 4.78 is 61.2. The molecule has 10 heteroatoms. The van der Waals surface area contributed by atoms with E-state index in [4.69, 9.17) is 16.3 Å². The molecule has 2 aliphatic rings. The van der Waals surface area contributed by atoms with Crippen LogP contribution in [-0.4, -0.2) is 60.4 Å². The van der Waals surface area contributed by atoms with Gasteiger partial charge in [-0.15, -0.1) is 0 Å². The molecule has 5 rings (SSSR count). The largest absolute Gasteiger partial charge is 0.393 e. The third-order valence-electron chi connectivity index (χ3n) is 7.00. The zero-order valence-electron chi connectivity index (χ0n) is 19.6. The first-order chi connectivity index (χ1) is 16.7. The minimum atomic E-state index is -4.49. The van der Waals surface area contributed by atoms with Gasteiger partial charge in [-0.3, -0.25) is 9.88 Å². The average Bonchev–Trinajstić information content (AvgIpc) is 3.63. The fraction of sp³-hybridized carbons (Fsp3) is 0.480. The van der Waals surface area contributed by atoms with Gasteiger partial charge in [0.25, 0.3) is 0 Å². The lowest BCUT2D eigenvalue weighted by atomic mass is 9.99. The van der Waals surface area contributed by atoms with Crippen LogP contribution >= 0.6 is 11.6 Å². The summed E-state index contributed by atoms with van der Waals surface area (Å²) in [5.74, 6) is -0.777. The van der Waals surface area contributed by atoms with Crippen LogP contribution in [0.5, 0.6) is 0 Å². The molecule has 3 aromatic rings. The SMILES string of the molecule is CO[C@@H](C)c1ncc(N2CCN(C3CC3)CC2)cc1-c1[nH]c2c(F)c(Cl)ccc2c1CC(F)(F)F. The number of hydrogen-bond donors (Lipinski definition) is 1. The van der Waals surface area contributed by atoms with Crippen LogP contribution in [0.15, 0.2) is 24.4 Å². The molecule has 2 fully saturated rings. The van der Waals surface area contributed by atoms with Crippen molar-refractivity contribution in [2.45, 2.75) is 44.5 Å². The van der Waals surface area contributed by atoms with Crippen LogP contribution in [0.3, 0.4) is 0 Å². The van der Waals surface area contributed by atoms with Gasteiger partial charge in [-0.2, -0.15) is 13.2 Å². The second-order valence-electron chi connectivity index (χ2n) is 9.31. The van der Waals surface area contributed by atoms with Gasteiger partial charge < -0.3 is 14.6 Å². The lowest BCUT2D eigenvalue weighted by Crippen LogP contribution is -2.47. The van der Waals surface area contributed by atoms with Gasteiger partial charge in [0, 0.05) is 50.3 Å². The average molecular weight is 511 g/mol. The normalized spacial score (nSPS) is 18.4. The molecular formula is C25H27ClF4N4O. The smallest absolute Gasteiger partial charge is 0.375 e. The van der Waals surface area contributed by atoms with E-state index >= 15 is 0 Å². The van der Waals surface area contributed by atoms with Gasteiger partial charge in [0.15, 0.2) is 5.82 Å². The van der Waals surface area contributed by atoms with Crippen LogP contribution < -0.4 is 4.90 Å². The summed E-state index contributed by atoms with van der Waals surface area (Å²) in [4.78, 5) is 12.2. The first kappa shape index (κ1) is 24.3. The van der Waals surface area contributed by atoms with Gasteiger partial charge in [-0.05, 0) is 37.5 Å². The molecule has 0 amide bonds. The van der Waals surface area contributed by atoms with E-state index in [0.717, 1.165) is 31.9 Å². The number of aromatic nitrogens is 2. The van der Waals surface area contributed by atoms with Crippen molar-refractivity contribution in [1.82, 2.24) is 14.9 Å². The molecule has 1 aliphatic heterocycles. The number of alkyl halides is 3. The Labute approximate surface area is 206 Å². The highest BCUT2D eigenvalue weighted by Crippen LogP contribution is 2.40. The van der Waals surface area contributed by atoms with Gasteiger partial charge in [0.05, 0.1) is 46.3 Å². The number of nitrogens with zero attached hydrogens (tertiary/aromatic N) is 3. The van der Waals surface area contributed by atoms with Crippen LogP contribution in [0.4, 0.5) is 23.2 Å². The Morgan fingerprint density at radius 3 is 2.54 bits per heavy atom. The summed E-state index contributed by atoms with van der Waals surface area (Å²) in [7, 11) is 1.52. The third kappa shape index (κ3) is 4.86. The topological polar surface area (TPSA) is 44.4 Å². The van der Waals surface area contributed by atoms with E-state index in [9.17, 15) is 17.6 Å². The number of aromatic amines is 1. The first-order valence-electron chi connectivity index (χ1n) is 11.7. The van der Waals surface area contributed by atoms with Crippen LogP contribution in [-0.2, 0) is 11.2 Å². The number of rotatable bonds is 6. The molecule has 1 atom stereocenters. The van der Waals surface area contributed by atoms with Crippen molar-refractivity contribution in [2.24, 2.45) is 0 Å². The number of halogens is 5. The van der Waals surface area contributed by atoms with Crippen molar-refractivity contribution in [3.05, 3.63) is 46.5 Å². The third-order valence-corrected chi connectivity index (χ3v) is 7.30. The van der Waals surface area contributed by atoms with Gasteiger partial charge >= 0.3 is 6.18 Å². The highest BCUT2D eigenvalue weighted by atomic mass is 35.5. The molecule has 1 aromatic carbocycles. The van der Waals surface area contributed by atoms with E-state index in [2.05, 4.69) is 19.8 Å². The number of benzene rings is 1. The summed E-state index contributed by atoms with van der Waals surface area (Å²) in [5, 5.41) is -0.00607. The zero-order chi connectivity index (χ0) is 24.9. The second kappa shape index (κ2) is 9.26. The Kier molecular flexibility index (Phi) is 6.44. The number of methoxy groups -OCH3 is 1. The predicted octanol–water partition coefficient (Wildman–Crippen LogP) is 6.12. The van der Waals surface area contributed by atoms with Gasteiger partial charge in [0.1, 0.15) is 0 Å². The number of nitrogens with one attached hydrogen (secondary N) is 1. The van der Waals surface area contributed by atoms with E-state index in [1.165, 1.54) is 32.1 Å². The van der Waals surface area contributed by atoms with E-state index < -0.39 is 24.5 Å². The maximum Gasteiger partial charge on any atom is 0.393 e. The van der Waals surface area contributed by atoms with Crippen molar-refractivity contribution in [3.63, 3.8) is 0 Å². The molecule has 1 saturated carbocycles. The number of ether oxygens (including phenoxy) is 1. The summed E-state index contributed by atoms with van der Waals surface area (Å²) >= 11 is 5.94. The number of anilines is 1. The van der Waals surface area contributed by atoms with Crippen molar-refractivity contribution in [3.8, 4) is 11.3 Å². The molecule has 1 saturated heterocycles. The lowest BCUT2D eigenvalue weighted by molar-refractivity contribution is -0.126. The minimum Gasteiger partial charge on any atom is -0.375 e. The molecule has 0 radical (unpaired) electrons. The summed E-state index contributed by atoms with van der Waals surface area (Å²) in [6.07, 6.45) is -1.95. The summed E-state index contributed by atoms with van der Waals surface area (Å²) in [6.45, 7) is 5.27. The minimum absolute atomic E-state index is 0.0369. The van der Waals surface area contributed by atoms with Gasteiger partial charge in [0.2, 0.25) is 0 Å². The molecule has 3 heterocycles. The van der Waals surface area contributed by atoms with E-state index in [1.807, 2.05) is 6.07 Å². The Morgan fingerprint density at radius 1 is 1.20 bits per heavy atom. The molecule has 1 N–H and O–H groups in total. The van der Waals surface area contributed by atoms with Crippen molar-refractivity contribution in [2.75, 3.05) is 38.2 Å². The van der Waals surface area contributed by atoms with Gasteiger partial charge in [-0.25, -0.2) is 4.39 Å². The Bertz CT molecular complexity index is 1230. The van der Waals surface area contributed by atoms with Gasteiger partial charge in [-0.1, -0.05) is 17.7 Å². The highest BCUT2D eigenvalue weighted by molar-refractivity contribution is 6.31. The first-order valence-corrected chi connectivity index (χ1v) is 12.1. The van der Waals surface area contributed by atoms with Crippen molar-refractivity contribution < 1.29 is 22.3 Å².